The molecule has 2 rings (SSSR count). The van der Waals surface area contributed by atoms with E-state index in [1.165, 1.54) is 28.4 Å². The fourth-order valence-electron chi connectivity index (χ4n) is 1.93. The third kappa shape index (κ3) is 4.74. The SMILES string of the molecule is CC[C@@H](NC(=O)NCCn1cc([N+](=O)[O-])cn1)c1nc(C)cs1. The van der Waals surface area contributed by atoms with Crippen LogP contribution in [0.1, 0.15) is 30.1 Å². The molecular formula is C13H18N6O3S. The van der Waals surface area contributed by atoms with Gasteiger partial charge in [-0.1, -0.05) is 6.92 Å². The number of nitro groups is 1. The number of aryl methyl sites for hydroxylation is 1. The van der Waals surface area contributed by atoms with Gasteiger partial charge in [0, 0.05) is 17.6 Å². The van der Waals surface area contributed by atoms with Crippen molar-refractivity contribution in [1.82, 2.24) is 25.4 Å². The second-order valence-electron chi connectivity index (χ2n) is 4.91. The second-order valence-corrected chi connectivity index (χ2v) is 5.80. The van der Waals surface area contributed by atoms with Crippen LogP contribution in [0.3, 0.4) is 0 Å². The van der Waals surface area contributed by atoms with Gasteiger partial charge in [0.25, 0.3) is 0 Å². The van der Waals surface area contributed by atoms with Crippen molar-refractivity contribution in [2.75, 3.05) is 6.54 Å². The number of aromatic nitrogens is 3. The van der Waals surface area contributed by atoms with Crippen molar-refractivity contribution in [1.29, 1.82) is 0 Å². The molecule has 0 aromatic carbocycles. The van der Waals surface area contributed by atoms with Gasteiger partial charge < -0.3 is 10.6 Å². The van der Waals surface area contributed by atoms with Crippen molar-refractivity contribution in [3.63, 3.8) is 0 Å². The number of rotatable bonds is 7. The Morgan fingerprint density at radius 3 is 2.91 bits per heavy atom. The molecule has 1 atom stereocenters. The van der Waals surface area contributed by atoms with Gasteiger partial charge in [0.15, 0.2) is 0 Å². The van der Waals surface area contributed by atoms with E-state index in [0.29, 0.717) is 13.1 Å². The number of carbonyl (C=O) groups excluding carboxylic acids is 1. The summed E-state index contributed by atoms with van der Waals surface area (Å²) in [5.74, 6) is 0. The Kier molecular flexibility index (Phi) is 5.63. The summed E-state index contributed by atoms with van der Waals surface area (Å²) in [6.07, 6.45) is 3.25. The second kappa shape index (κ2) is 7.68. The summed E-state index contributed by atoms with van der Waals surface area (Å²) in [4.78, 5) is 26.3. The van der Waals surface area contributed by atoms with Crippen molar-refractivity contribution in [2.24, 2.45) is 0 Å². The Morgan fingerprint density at radius 2 is 2.35 bits per heavy atom. The third-order valence-corrected chi connectivity index (χ3v) is 4.18. The van der Waals surface area contributed by atoms with Crippen LogP contribution < -0.4 is 10.6 Å². The van der Waals surface area contributed by atoms with Crippen LogP contribution in [-0.2, 0) is 6.54 Å². The quantitative estimate of drug-likeness (QED) is 0.592. The molecule has 10 heteroatoms. The molecule has 0 saturated heterocycles. The first-order valence-electron chi connectivity index (χ1n) is 7.12. The van der Waals surface area contributed by atoms with Gasteiger partial charge in [-0.2, -0.15) is 5.10 Å². The van der Waals surface area contributed by atoms with Crippen LogP contribution in [0.4, 0.5) is 10.5 Å². The molecule has 2 aromatic heterocycles. The zero-order valence-corrected chi connectivity index (χ0v) is 13.7. The monoisotopic (exact) mass is 338 g/mol. The minimum Gasteiger partial charge on any atom is -0.336 e. The highest BCUT2D eigenvalue weighted by Crippen LogP contribution is 2.20. The molecule has 0 aliphatic rings. The summed E-state index contributed by atoms with van der Waals surface area (Å²) in [6.45, 7) is 4.56. The maximum atomic E-state index is 11.9. The fraction of sp³-hybridized carbons (Fsp3) is 0.462. The average Bonchev–Trinajstić information content (AvgIpc) is 3.14. The zero-order valence-electron chi connectivity index (χ0n) is 12.9. The Hall–Kier alpha value is -2.49. The summed E-state index contributed by atoms with van der Waals surface area (Å²) >= 11 is 1.52. The molecule has 0 unspecified atom stereocenters. The number of nitrogens with one attached hydrogen (secondary N) is 2. The number of amides is 2. The molecule has 0 radical (unpaired) electrons. The lowest BCUT2D eigenvalue weighted by Gasteiger charge is -2.15. The lowest BCUT2D eigenvalue weighted by atomic mass is 10.2. The van der Waals surface area contributed by atoms with Gasteiger partial charge in [-0.05, 0) is 13.3 Å². The topological polar surface area (TPSA) is 115 Å². The minimum atomic E-state index is -0.508. The van der Waals surface area contributed by atoms with E-state index in [1.807, 2.05) is 19.2 Å². The van der Waals surface area contributed by atoms with Crippen LogP contribution >= 0.6 is 11.3 Å². The lowest BCUT2D eigenvalue weighted by Crippen LogP contribution is -2.39. The Balaban J connectivity index is 1.78. The first-order valence-corrected chi connectivity index (χ1v) is 8.00. The van der Waals surface area contributed by atoms with E-state index in [9.17, 15) is 14.9 Å². The Morgan fingerprint density at radius 1 is 1.57 bits per heavy atom. The number of hydrogen-bond donors (Lipinski definition) is 2. The van der Waals surface area contributed by atoms with Gasteiger partial charge in [-0.3, -0.25) is 14.8 Å². The van der Waals surface area contributed by atoms with Crippen molar-refractivity contribution in [3.05, 3.63) is 38.6 Å². The molecule has 0 fully saturated rings. The van der Waals surface area contributed by atoms with E-state index >= 15 is 0 Å². The summed E-state index contributed by atoms with van der Waals surface area (Å²) in [7, 11) is 0. The van der Waals surface area contributed by atoms with E-state index in [1.54, 1.807) is 0 Å². The van der Waals surface area contributed by atoms with Crippen LogP contribution in [0.25, 0.3) is 0 Å². The maximum absolute atomic E-state index is 11.9. The summed E-state index contributed by atoms with van der Waals surface area (Å²) in [5.41, 5.74) is 0.866. The molecule has 0 spiro atoms. The van der Waals surface area contributed by atoms with Crippen LogP contribution in [0.2, 0.25) is 0 Å². The normalized spacial score (nSPS) is 11.9. The fourth-order valence-corrected chi connectivity index (χ4v) is 2.86. The molecule has 0 aliphatic carbocycles. The molecular weight excluding hydrogens is 320 g/mol. The van der Waals surface area contributed by atoms with Gasteiger partial charge in [0.1, 0.15) is 17.4 Å². The maximum Gasteiger partial charge on any atom is 0.315 e. The Bertz CT molecular complexity index is 683. The van der Waals surface area contributed by atoms with Crippen LogP contribution in [0.15, 0.2) is 17.8 Å². The molecule has 2 amide bonds. The summed E-state index contributed by atoms with van der Waals surface area (Å²) in [6, 6.07) is -0.425. The van der Waals surface area contributed by atoms with Crippen molar-refractivity contribution in [3.8, 4) is 0 Å². The number of carbonyl (C=O) groups is 1. The van der Waals surface area contributed by atoms with E-state index in [0.717, 1.165) is 17.1 Å². The smallest absolute Gasteiger partial charge is 0.315 e. The van der Waals surface area contributed by atoms with Gasteiger partial charge in [-0.15, -0.1) is 11.3 Å². The van der Waals surface area contributed by atoms with Crippen molar-refractivity contribution in [2.45, 2.75) is 32.9 Å². The first-order chi connectivity index (χ1) is 11.0. The molecule has 0 aliphatic heterocycles. The van der Waals surface area contributed by atoms with Crippen LogP contribution in [0, 0.1) is 17.0 Å². The van der Waals surface area contributed by atoms with E-state index in [-0.39, 0.29) is 17.8 Å². The standard InChI is InChI=1S/C13H18N6O3S/c1-3-11(12-16-9(2)8-23-12)17-13(20)14-4-5-18-7-10(6-15-18)19(21)22/h6-8,11H,3-5H2,1-2H3,(H2,14,17,20)/t11-/m1/s1. The lowest BCUT2D eigenvalue weighted by molar-refractivity contribution is -0.385. The molecule has 0 bridgehead atoms. The molecule has 124 valence electrons. The Labute approximate surface area is 136 Å². The predicted octanol–water partition coefficient (Wildman–Crippen LogP) is 2.01. The summed E-state index contributed by atoms with van der Waals surface area (Å²) in [5, 5.41) is 22.8. The number of hydrogen-bond acceptors (Lipinski definition) is 6. The zero-order chi connectivity index (χ0) is 16.8. The van der Waals surface area contributed by atoms with E-state index in [2.05, 4.69) is 20.7 Å². The first kappa shape index (κ1) is 16.9. The van der Waals surface area contributed by atoms with Crippen molar-refractivity contribution >= 4 is 23.1 Å². The minimum absolute atomic E-state index is 0.0698. The molecule has 23 heavy (non-hydrogen) atoms. The number of thiazole rings is 1. The van der Waals surface area contributed by atoms with Crippen LogP contribution in [-0.4, -0.2) is 32.3 Å². The molecule has 2 heterocycles. The van der Waals surface area contributed by atoms with E-state index < -0.39 is 4.92 Å². The summed E-state index contributed by atoms with van der Waals surface area (Å²) < 4.78 is 1.42. The molecule has 2 aromatic rings. The van der Waals surface area contributed by atoms with Crippen molar-refractivity contribution < 1.29 is 9.72 Å². The molecule has 9 nitrogen and oxygen atoms in total. The number of nitrogens with zero attached hydrogens (tertiary/aromatic N) is 4. The highest BCUT2D eigenvalue weighted by atomic mass is 32.1. The van der Waals surface area contributed by atoms with E-state index in [4.69, 9.17) is 0 Å². The third-order valence-electron chi connectivity index (χ3n) is 3.11. The largest absolute Gasteiger partial charge is 0.336 e. The van der Waals surface area contributed by atoms with Gasteiger partial charge in [-0.25, -0.2) is 9.78 Å². The molecule has 0 saturated carbocycles. The highest BCUT2D eigenvalue weighted by Gasteiger charge is 2.15. The average molecular weight is 338 g/mol. The van der Waals surface area contributed by atoms with Crippen LogP contribution in [0.5, 0.6) is 0 Å². The van der Waals surface area contributed by atoms with Gasteiger partial charge in [0.05, 0.1) is 17.5 Å². The number of urea groups is 1. The van der Waals surface area contributed by atoms with Gasteiger partial charge in [0.2, 0.25) is 0 Å². The van der Waals surface area contributed by atoms with Gasteiger partial charge >= 0.3 is 11.7 Å². The predicted molar refractivity (Wildman–Crippen MR) is 85.3 cm³/mol. The highest BCUT2D eigenvalue weighted by molar-refractivity contribution is 7.09. The molecule has 2 N–H and O–H groups in total.